The van der Waals surface area contributed by atoms with Gasteiger partial charge in [-0.1, -0.05) is 53.9 Å². The molecule has 0 rings (SSSR count). The van der Waals surface area contributed by atoms with Gasteiger partial charge in [-0.3, -0.25) is 4.79 Å². The summed E-state index contributed by atoms with van der Waals surface area (Å²) in [5, 5.41) is -0.210. The van der Waals surface area contributed by atoms with Crippen LogP contribution in [0.3, 0.4) is 0 Å². The highest BCUT2D eigenvalue weighted by Gasteiger charge is 2.24. The minimum atomic E-state index is -0.344. The fourth-order valence-electron chi connectivity index (χ4n) is 1.50. The monoisotopic (exact) mass is 232 g/mol. The second kappa shape index (κ2) is 5.89. The topological polar surface area (TPSA) is 17.1 Å². The maximum Gasteiger partial charge on any atom is 0.227 e. The van der Waals surface area contributed by atoms with E-state index in [1.807, 2.05) is 13.8 Å². The van der Waals surface area contributed by atoms with Gasteiger partial charge in [0, 0.05) is 5.41 Å². The van der Waals surface area contributed by atoms with Gasteiger partial charge in [0.05, 0.1) is 0 Å². The van der Waals surface area contributed by atoms with Crippen molar-refractivity contribution in [2.75, 3.05) is 0 Å². The zero-order valence-corrected chi connectivity index (χ0v) is 11.6. The molecule has 0 N–H and O–H groups in total. The predicted molar refractivity (Wildman–Crippen MR) is 67.2 cm³/mol. The molecule has 0 saturated carbocycles. The second-order valence-electron chi connectivity index (χ2n) is 6.28. The summed E-state index contributed by atoms with van der Waals surface area (Å²) in [6.07, 6.45) is 5.70. The lowest BCUT2D eigenvalue weighted by Gasteiger charge is -2.20. The van der Waals surface area contributed by atoms with Crippen molar-refractivity contribution >= 4 is 16.8 Å². The van der Waals surface area contributed by atoms with Crippen molar-refractivity contribution in [2.24, 2.45) is 10.8 Å². The Bertz CT molecular complexity index is 201. The Kier molecular flexibility index (Phi) is 5.87. The third kappa shape index (κ3) is 7.84. The van der Waals surface area contributed by atoms with E-state index in [0.717, 1.165) is 12.8 Å². The highest BCUT2D eigenvalue weighted by molar-refractivity contribution is 6.64. The van der Waals surface area contributed by atoms with Crippen molar-refractivity contribution in [3.8, 4) is 0 Å². The van der Waals surface area contributed by atoms with Crippen LogP contribution in [0, 0.1) is 10.8 Å². The standard InChI is InChI=1S/C13H25ClO/c1-12(2,3)9-7-6-8-10-13(4,5)11(14)15/h6-10H2,1-5H3. The summed E-state index contributed by atoms with van der Waals surface area (Å²) in [5.41, 5.74) is 0.0844. The van der Waals surface area contributed by atoms with E-state index in [0.29, 0.717) is 5.41 Å². The number of carbonyl (C=O) groups is 1. The Labute approximate surface area is 99.6 Å². The zero-order chi connectivity index (χ0) is 12.1. The van der Waals surface area contributed by atoms with Crippen LogP contribution in [0.5, 0.6) is 0 Å². The largest absolute Gasteiger partial charge is 0.281 e. The molecule has 15 heavy (non-hydrogen) atoms. The maximum absolute atomic E-state index is 11.1. The van der Waals surface area contributed by atoms with Gasteiger partial charge in [0.1, 0.15) is 0 Å². The van der Waals surface area contributed by atoms with Crippen molar-refractivity contribution < 1.29 is 4.79 Å². The molecule has 0 saturated heterocycles. The quantitative estimate of drug-likeness (QED) is 0.476. The molecule has 0 aromatic rings. The van der Waals surface area contributed by atoms with Crippen LogP contribution < -0.4 is 0 Å². The first kappa shape index (κ1) is 15.0. The van der Waals surface area contributed by atoms with E-state index in [2.05, 4.69) is 20.8 Å². The summed E-state index contributed by atoms with van der Waals surface area (Å²) < 4.78 is 0. The molecule has 0 aromatic heterocycles. The van der Waals surface area contributed by atoms with Gasteiger partial charge in [0.2, 0.25) is 5.24 Å². The van der Waals surface area contributed by atoms with Crippen LogP contribution in [0.1, 0.15) is 66.7 Å². The lowest BCUT2D eigenvalue weighted by Crippen LogP contribution is -2.19. The van der Waals surface area contributed by atoms with E-state index >= 15 is 0 Å². The van der Waals surface area contributed by atoms with Crippen LogP contribution in [0.4, 0.5) is 0 Å². The highest BCUT2D eigenvalue weighted by Crippen LogP contribution is 2.28. The summed E-state index contributed by atoms with van der Waals surface area (Å²) in [7, 11) is 0. The first-order chi connectivity index (χ1) is 6.65. The van der Waals surface area contributed by atoms with E-state index in [-0.39, 0.29) is 10.7 Å². The molecule has 1 nitrogen and oxygen atoms in total. The van der Waals surface area contributed by atoms with Crippen molar-refractivity contribution in [1.29, 1.82) is 0 Å². The number of hydrogen-bond acceptors (Lipinski definition) is 1. The fraction of sp³-hybridized carbons (Fsp3) is 0.923. The molecular weight excluding hydrogens is 208 g/mol. The van der Waals surface area contributed by atoms with Crippen molar-refractivity contribution in [2.45, 2.75) is 66.7 Å². The lowest BCUT2D eigenvalue weighted by atomic mass is 9.86. The van der Waals surface area contributed by atoms with E-state index in [9.17, 15) is 4.79 Å². The summed E-state index contributed by atoms with van der Waals surface area (Å²) in [5.74, 6) is 0. The molecule has 0 unspecified atom stereocenters. The number of rotatable bonds is 6. The summed E-state index contributed by atoms with van der Waals surface area (Å²) >= 11 is 5.52. The van der Waals surface area contributed by atoms with Crippen LogP contribution >= 0.6 is 11.6 Å². The number of halogens is 1. The fourth-order valence-corrected chi connectivity index (χ4v) is 1.59. The number of unbranched alkanes of at least 4 members (excludes halogenated alkanes) is 2. The Hall–Kier alpha value is -0.0400. The van der Waals surface area contributed by atoms with Crippen molar-refractivity contribution in [1.82, 2.24) is 0 Å². The van der Waals surface area contributed by atoms with Crippen molar-refractivity contribution in [3.63, 3.8) is 0 Å². The summed E-state index contributed by atoms with van der Waals surface area (Å²) in [6.45, 7) is 10.6. The molecule has 0 aliphatic rings. The zero-order valence-electron chi connectivity index (χ0n) is 10.8. The van der Waals surface area contributed by atoms with Gasteiger partial charge in [-0.15, -0.1) is 0 Å². The predicted octanol–water partition coefficient (Wildman–Crippen LogP) is 4.77. The van der Waals surface area contributed by atoms with Gasteiger partial charge < -0.3 is 0 Å². The molecule has 2 heteroatoms. The van der Waals surface area contributed by atoms with Crippen LogP contribution in [0.15, 0.2) is 0 Å². The molecule has 0 atom stereocenters. The number of carbonyl (C=O) groups excluding carboxylic acids is 1. The van der Waals surface area contributed by atoms with Crippen molar-refractivity contribution in [3.05, 3.63) is 0 Å². The normalized spacial score (nSPS) is 12.9. The van der Waals surface area contributed by atoms with Gasteiger partial charge in [0.15, 0.2) is 0 Å². The van der Waals surface area contributed by atoms with Crippen LogP contribution in [-0.4, -0.2) is 5.24 Å². The highest BCUT2D eigenvalue weighted by atomic mass is 35.5. The average molecular weight is 233 g/mol. The van der Waals surface area contributed by atoms with Crippen LogP contribution in [0.2, 0.25) is 0 Å². The van der Waals surface area contributed by atoms with Crippen LogP contribution in [-0.2, 0) is 4.79 Å². The maximum atomic E-state index is 11.1. The first-order valence-corrected chi connectivity index (χ1v) is 6.23. The van der Waals surface area contributed by atoms with E-state index in [4.69, 9.17) is 11.6 Å². The Balaban J connectivity index is 3.60. The molecule has 0 fully saturated rings. The van der Waals surface area contributed by atoms with Crippen LogP contribution in [0.25, 0.3) is 0 Å². The third-order valence-electron chi connectivity index (χ3n) is 2.76. The Morgan fingerprint density at radius 2 is 1.40 bits per heavy atom. The smallest absolute Gasteiger partial charge is 0.227 e. The summed E-state index contributed by atoms with van der Waals surface area (Å²) in [4.78, 5) is 11.1. The molecule has 90 valence electrons. The van der Waals surface area contributed by atoms with Gasteiger partial charge in [-0.25, -0.2) is 0 Å². The third-order valence-corrected chi connectivity index (χ3v) is 3.27. The molecule has 0 amide bonds. The molecule has 0 spiro atoms. The van der Waals surface area contributed by atoms with Gasteiger partial charge in [-0.05, 0) is 29.9 Å². The minimum Gasteiger partial charge on any atom is -0.281 e. The molecule has 0 aliphatic heterocycles. The average Bonchev–Trinajstić information content (AvgIpc) is 2.00. The molecular formula is C13H25ClO. The van der Waals surface area contributed by atoms with Gasteiger partial charge >= 0.3 is 0 Å². The molecule has 0 aromatic carbocycles. The molecule has 0 heterocycles. The molecule has 0 aliphatic carbocycles. The van der Waals surface area contributed by atoms with E-state index in [1.54, 1.807) is 0 Å². The minimum absolute atomic E-state index is 0.210. The Morgan fingerprint density at radius 3 is 1.80 bits per heavy atom. The summed E-state index contributed by atoms with van der Waals surface area (Å²) in [6, 6.07) is 0. The lowest BCUT2D eigenvalue weighted by molar-refractivity contribution is -0.119. The molecule has 0 radical (unpaired) electrons. The first-order valence-electron chi connectivity index (χ1n) is 5.85. The van der Waals surface area contributed by atoms with Gasteiger partial charge in [-0.2, -0.15) is 0 Å². The SMILES string of the molecule is CC(C)(C)CCCCCC(C)(C)C(=O)Cl. The van der Waals surface area contributed by atoms with E-state index < -0.39 is 0 Å². The van der Waals surface area contributed by atoms with E-state index in [1.165, 1.54) is 19.3 Å². The second-order valence-corrected chi connectivity index (χ2v) is 6.62. The Morgan fingerprint density at radius 1 is 0.933 bits per heavy atom. The van der Waals surface area contributed by atoms with Gasteiger partial charge in [0.25, 0.3) is 0 Å². The molecule has 0 bridgehead atoms. The number of hydrogen-bond donors (Lipinski definition) is 0.